The minimum Gasteiger partial charge on any atom is -0.382 e. The number of aliphatic imine (C=N–C) groups is 1. The SMILES string of the molecule is CCNC(=NCc1cccc(-c2ncn[nH]2)c1)N1CCC(COCCOC)C1.I. The van der Waals surface area contributed by atoms with E-state index in [1.165, 1.54) is 6.33 Å². The Morgan fingerprint density at radius 3 is 3.03 bits per heavy atom. The largest absolute Gasteiger partial charge is 0.382 e. The molecule has 2 aromatic rings. The lowest BCUT2D eigenvalue weighted by atomic mass is 10.1. The number of ether oxygens (including phenoxy) is 2. The summed E-state index contributed by atoms with van der Waals surface area (Å²) in [5, 5.41) is 10.2. The predicted molar refractivity (Wildman–Crippen MR) is 124 cm³/mol. The third kappa shape index (κ3) is 7.23. The van der Waals surface area contributed by atoms with Crippen LogP contribution in [-0.2, 0) is 16.0 Å². The summed E-state index contributed by atoms with van der Waals surface area (Å²) in [7, 11) is 1.70. The zero-order valence-electron chi connectivity index (χ0n) is 17.1. The fourth-order valence-corrected chi connectivity index (χ4v) is 3.31. The second-order valence-electron chi connectivity index (χ2n) is 6.87. The number of H-pyrrole nitrogens is 1. The highest BCUT2D eigenvalue weighted by atomic mass is 127. The van der Waals surface area contributed by atoms with Crippen molar-refractivity contribution in [2.45, 2.75) is 19.9 Å². The molecular formula is C20H31IN6O2. The highest BCUT2D eigenvalue weighted by Crippen LogP contribution is 2.18. The maximum absolute atomic E-state index is 5.70. The number of halogens is 1. The van der Waals surface area contributed by atoms with Gasteiger partial charge in [0.1, 0.15) is 6.33 Å². The predicted octanol–water partition coefficient (Wildman–Crippen LogP) is 2.54. The highest BCUT2D eigenvalue weighted by Gasteiger charge is 2.24. The van der Waals surface area contributed by atoms with Crippen molar-refractivity contribution in [2.24, 2.45) is 10.9 Å². The van der Waals surface area contributed by atoms with Gasteiger partial charge in [0.05, 0.1) is 26.4 Å². The molecule has 1 saturated heterocycles. The number of rotatable bonds is 9. The van der Waals surface area contributed by atoms with Crippen LogP contribution in [0.4, 0.5) is 0 Å². The number of guanidine groups is 1. The van der Waals surface area contributed by atoms with E-state index >= 15 is 0 Å². The molecule has 160 valence electrons. The van der Waals surface area contributed by atoms with E-state index in [2.05, 4.69) is 44.5 Å². The molecule has 0 bridgehead atoms. The molecule has 1 aliphatic rings. The number of hydrogen-bond donors (Lipinski definition) is 2. The van der Waals surface area contributed by atoms with Gasteiger partial charge in [-0.3, -0.25) is 5.10 Å². The third-order valence-electron chi connectivity index (χ3n) is 4.73. The van der Waals surface area contributed by atoms with Gasteiger partial charge in [0.2, 0.25) is 0 Å². The van der Waals surface area contributed by atoms with Gasteiger partial charge in [0.15, 0.2) is 11.8 Å². The van der Waals surface area contributed by atoms with Crippen molar-refractivity contribution in [2.75, 3.05) is 46.6 Å². The van der Waals surface area contributed by atoms with E-state index in [1.54, 1.807) is 7.11 Å². The van der Waals surface area contributed by atoms with Gasteiger partial charge < -0.3 is 19.7 Å². The monoisotopic (exact) mass is 514 g/mol. The first kappa shape index (κ1) is 23.6. The summed E-state index contributed by atoms with van der Waals surface area (Å²) in [5.41, 5.74) is 2.16. The molecule has 1 fully saturated rings. The molecule has 2 N–H and O–H groups in total. The maximum Gasteiger partial charge on any atom is 0.194 e. The number of hydrogen-bond acceptors (Lipinski definition) is 5. The molecule has 0 saturated carbocycles. The Morgan fingerprint density at radius 2 is 2.28 bits per heavy atom. The first-order valence-electron chi connectivity index (χ1n) is 9.84. The molecule has 1 atom stereocenters. The second kappa shape index (κ2) is 12.8. The molecule has 3 rings (SSSR count). The number of methoxy groups -OCH3 is 1. The van der Waals surface area contributed by atoms with Crippen LogP contribution in [0.2, 0.25) is 0 Å². The van der Waals surface area contributed by atoms with Crippen LogP contribution in [0, 0.1) is 5.92 Å². The molecule has 0 spiro atoms. The Bertz CT molecular complexity index is 740. The molecule has 2 heterocycles. The van der Waals surface area contributed by atoms with Gasteiger partial charge in [-0.25, -0.2) is 9.98 Å². The quantitative estimate of drug-likeness (QED) is 0.232. The summed E-state index contributed by atoms with van der Waals surface area (Å²) >= 11 is 0. The summed E-state index contributed by atoms with van der Waals surface area (Å²) < 4.78 is 10.7. The molecule has 29 heavy (non-hydrogen) atoms. The van der Waals surface area contributed by atoms with Gasteiger partial charge in [0, 0.05) is 38.2 Å². The summed E-state index contributed by atoms with van der Waals surface area (Å²) in [4.78, 5) is 11.4. The molecule has 8 nitrogen and oxygen atoms in total. The molecule has 0 amide bonds. The van der Waals surface area contributed by atoms with Crippen molar-refractivity contribution in [1.29, 1.82) is 0 Å². The molecule has 1 aliphatic heterocycles. The van der Waals surface area contributed by atoms with Gasteiger partial charge in [0.25, 0.3) is 0 Å². The van der Waals surface area contributed by atoms with Crippen molar-refractivity contribution in [3.63, 3.8) is 0 Å². The number of benzene rings is 1. The maximum atomic E-state index is 5.70. The van der Waals surface area contributed by atoms with Gasteiger partial charge >= 0.3 is 0 Å². The van der Waals surface area contributed by atoms with E-state index in [-0.39, 0.29) is 24.0 Å². The molecule has 9 heteroatoms. The molecule has 0 aliphatic carbocycles. The first-order chi connectivity index (χ1) is 13.8. The Kier molecular flexibility index (Phi) is 10.4. The number of nitrogens with zero attached hydrogens (tertiary/aromatic N) is 4. The van der Waals surface area contributed by atoms with E-state index in [4.69, 9.17) is 14.5 Å². The number of aromatic amines is 1. The summed E-state index contributed by atoms with van der Waals surface area (Å²) in [5.74, 6) is 2.27. The summed E-state index contributed by atoms with van der Waals surface area (Å²) in [6.07, 6.45) is 2.64. The van der Waals surface area contributed by atoms with Crippen molar-refractivity contribution < 1.29 is 9.47 Å². The van der Waals surface area contributed by atoms with Crippen molar-refractivity contribution >= 4 is 29.9 Å². The number of nitrogens with one attached hydrogen (secondary N) is 2. The lowest BCUT2D eigenvalue weighted by Crippen LogP contribution is -2.40. The molecule has 0 radical (unpaired) electrons. The van der Waals surface area contributed by atoms with Gasteiger partial charge in [-0.05, 0) is 25.0 Å². The topological polar surface area (TPSA) is 87.7 Å². The van der Waals surface area contributed by atoms with Crippen LogP contribution in [0.25, 0.3) is 11.4 Å². The highest BCUT2D eigenvalue weighted by molar-refractivity contribution is 14.0. The molecule has 1 aromatic heterocycles. The van der Waals surface area contributed by atoms with E-state index in [1.807, 2.05) is 12.1 Å². The normalized spacial score (nSPS) is 16.7. The number of aromatic nitrogens is 3. The molecule has 1 unspecified atom stereocenters. The van der Waals surface area contributed by atoms with E-state index in [9.17, 15) is 0 Å². The third-order valence-corrected chi connectivity index (χ3v) is 4.73. The smallest absolute Gasteiger partial charge is 0.194 e. The van der Waals surface area contributed by atoms with Crippen LogP contribution >= 0.6 is 24.0 Å². The van der Waals surface area contributed by atoms with Crippen LogP contribution < -0.4 is 5.32 Å². The standard InChI is InChI=1S/C20H30N6O2.HI/c1-3-21-20(26-8-7-17(13-26)14-28-10-9-27-2)22-12-16-5-4-6-18(11-16)19-23-15-24-25-19;/h4-6,11,15,17H,3,7-10,12-14H2,1-2H3,(H,21,22)(H,23,24,25);1H. The van der Waals surface area contributed by atoms with Crippen LogP contribution in [0.15, 0.2) is 35.6 Å². The van der Waals surface area contributed by atoms with E-state index < -0.39 is 0 Å². The minimum absolute atomic E-state index is 0. The Hall–Kier alpha value is -1.72. The van der Waals surface area contributed by atoms with Gasteiger partial charge in [-0.15, -0.1) is 24.0 Å². The summed E-state index contributed by atoms with van der Waals surface area (Å²) in [6, 6.07) is 8.24. The Morgan fingerprint density at radius 1 is 1.38 bits per heavy atom. The minimum atomic E-state index is 0. The van der Waals surface area contributed by atoms with Gasteiger partial charge in [-0.1, -0.05) is 18.2 Å². The Balaban J connectivity index is 0.00000300. The lowest BCUT2D eigenvalue weighted by Gasteiger charge is -2.21. The summed E-state index contributed by atoms with van der Waals surface area (Å²) in [6.45, 7) is 7.62. The zero-order valence-corrected chi connectivity index (χ0v) is 19.5. The van der Waals surface area contributed by atoms with E-state index in [0.29, 0.717) is 25.7 Å². The van der Waals surface area contributed by atoms with Gasteiger partial charge in [-0.2, -0.15) is 5.10 Å². The van der Waals surface area contributed by atoms with Crippen molar-refractivity contribution in [3.8, 4) is 11.4 Å². The van der Waals surface area contributed by atoms with Crippen LogP contribution in [-0.4, -0.2) is 72.6 Å². The lowest BCUT2D eigenvalue weighted by molar-refractivity contribution is 0.0536. The van der Waals surface area contributed by atoms with Crippen LogP contribution in [0.3, 0.4) is 0 Å². The first-order valence-corrected chi connectivity index (χ1v) is 9.84. The molecular weight excluding hydrogens is 483 g/mol. The van der Waals surface area contributed by atoms with Crippen molar-refractivity contribution in [1.82, 2.24) is 25.4 Å². The second-order valence-corrected chi connectivity index (χ2v) is 6.87. The molecule has 1 aromatic carbocycles. The van der Waals surface area contributed by atoms with Crippen LogP contribution in [0.1, 0.15) is 18.9 Å². The Labute approximate surface area is 189 Å². The zero-order chi connectivity index (χ0) is 19.6. The number of likely N-dealkylation sites (tertiary alicyclic amines) is 1. The van der Waals surface area contributed by atoms with Crippen molar-refractivity contribution in [3.05, 3.63) is 36.2 Å². The average Bonchev–Trinajstić information content (AvgIpc) is 3.41. The average molecular weight is 514 g/mol. The fourth-order valence-electron chi connectivity index (χ4n) is 3.31. The van der Waals surface area contributed by atoms with Crippen LogP contribution in [0.5, 0.6) is 0 Å². The fraction of sp³-hybridized carbons (Fsp3) is 0.550. The van der Waals surface area contributed by atoms with E-state index in [0.717, 1.165) is 55.6 Å².